The Hall–Kier alpha value is -2.11. The highest BCUT2D eigenvalue weighted by Crippen LogP contribution is 2.30. The molecular formula is C12H13F2N3O. The number of alkyl halides is 2. The molecule has 96 valence electrons. The second-order valence-corrected chi connectivity index (χ2v) is 3.57. The third-order valence-corrected chi connectivity index (χ3v) is 2.33. The van der Waals surface area contributed by atoms with Crippen molar-refractivity contribution in [1.82, 2.24) is 10.2 Å². The van der Waals surface area contributed by atoms with Crippen LogP contribution in [0.2, 0.25) is 0 Å². The van der Waals surface area contributed by atoms with E-state index in [2.05, 4.69) is 20.3 Å². The minimum absolute atomic E-state index is 0.124. The predicted molar refractivity (Wildman–Crippen MR) is 64.8 cm³/mol. The Balaban J connectivity index is 2.30. The number of hydrogen-bond donors (Lipinski definition) is 2. The molecule has 2 rings (SSSR count). The molecule has 0 fully saturated rings. The highest BCUT2D eigenvalue weighted by molar-refractivity contribution is 5.69. The number of ether oxygens (including phenoxy) is 1. The minimum Gasteiger partial charge on any atom is -0.434 e. The van der Waals surface area contributed by atoms with Crippen LogP contribution in [0.1, 0.15) is 6.92 Å². The summed E-state index contributed by atoms with van der Waals surface area (Å²) in [6.45, 7) is -0.163. The van der Waals surface area contributed by atoms with Gasteiger partial charge >= 0.3 is 6.61 Å². The van der Waals surface area contributed by atoms with E-state index in [1.807, 2.05) is 6.92 Å². The maximum Gasteiger partial charge on any atom is 0.387 e. The molecule has 2 aromatic rings. The summed E-state index contributed by atoms with van der Waals surface area (Å²) in [5.74, 6) is 0.790. The summed E-state index contributed by atoms with van der Waals surface area (Å²) in [6, 6.07) is 8.33. The van der Waals surface area contributed by atoms with Crippen LogP contribution in [-0.4, -0.2) is 23.4 Å². The van der Waals surface area contributed by atoms with Crippen LogP contribution in [0.25, 0.3) is 11.3 Å². The van der Waals surface area contributed by atoms with E-state index in [-0.39, 0.29) is 5.75 Å². The van der Waals surface area contributed by atoms with Crippen LogP contribution in [0.3, 0.4) is 0 Å². The lowest BCUT2D eigenvalue weighted by Crippen LogP contribution is -2.03. The van der Waals surface area contributed by atoms with E-state index in [9.17, 15) is 8.78 Å². The molecule has 18 heavy (non-hydrogen) atoms. The number of hydrogen-bond acceptors (Lipinski definition) is 3. The maximum absolute atomic E-state index is 12.3. The van der Waals surface area contributed by atoms with Crippen molar-refractivity contribution in [1.29, 1.82) is 0 Å². The molecule has 0 aliphatic carbocycles. The van der Waals surface area contributed by atoms with Gasteiger partial charge in [0.1, 0.15) is 11.6 Å². The van der Waals surface area contributed by atoms with Crippen LogP contribution in [0.5, 0.6) is 5.75 Å². The van der Waals surface area contributed by atoms with Gasteiger partial charge in [-0.3, -0.25) is 5.10 Å². The van der Waals surface area contributed by atoms with E-state index in [0.717, 1.165) is 6.54 Å². The molecule has 0 spiro atoms. The summed E-state index contributed by atoms with van der Waals surface area (Å²) in [6.07, 6.45) is 0. The molecule has 0 atom stereocenters. The summed E-state index contributed by atoms with van der Waals surface area (Å²) < 4.78 is 29.0. The Bertz CT molecular complexity index is 514. The molecular weight excluding hydrogens is 240 g/mol. The lowest BCUT2D eigenvalue weighted by atomic mass is 10.1. The lowest BCUT2D eigenvalue weighted by Gasteiger charge is -2.08. The summed E-state index contributed by atoms with van der Waals surface area (Å²) >= 11 is 0. The number of halogens is 2. The number of rotatable bonds is 5. The fourth-order valence-electron chi connectivity index (χ4n) is 1.62. The Morgan fingerprint density at radius 1 is 1.39 bits per heavy atom. The summed E-state index contributed by atoms with van der Waals surface area (Å²) in [5.41, 5.74) is 1.18. The van der Waals surface area contributed by atoms with Crippen LogP contribution in [-0.2, 0) is 0 Å². The average molecular weight is 253 g/mol. The van der Waals surface area contributed by atoms with Gasteiger partial charge in [0.15, 0.2) is 0 Å². The van der Waals surface area contributed by atoms with Crippen molar-refractivity contribution in [3.63, 3.8) is 0 Å². The molecule has 0 saturated heterocycles. The van der Waals surface area contributed by atoms with Crippen molar-refractivity contribution in [2.24, 2.45) is 0 Å². The van der Waals surface area contributed by atoms with Gasteiger partial charge in [0.2, 0.25) is 0 Å². The highest BCUT2D eigenvalue weighted by atomic mass is 19.3. The van der Waals surface area contributed by atoms with E-state index in [0.29, 0.717) is 17.1 Å². The molecule has 0 bridgehead atoms. The second-order valence-electron chi connectivity index (χ2n) is 3.57. The zero-order valence-corrected chi connectivity index (χ0v) is 9.78. The van der Waals surface area contributed by atoms with Gasteiger partial charge in [-0.1, -0.05) is 12.1 Å². The number of aromatic nitrogens is 2. The number of nitrogens with zero attached hydrogens (tertiary/aromatic N) is 1. The summed E-state index contributed by atoms with van der Waals surface area (Å²) in [4.78, 5) is 0. The SMILES string of the molecule is CCNc1cc(-c2ccccc2OC(F)F)[nH]n1. The first-order chi connectivity index (χ1) is 8.70. The standard InChI is InChI=1S/C12H13F2N3O/c1-2-15-11-7-9(16-17-11)8-5-3-4-6-10(8)18-12(13)14/h3-7,12H,2H2,1H3,(H2,15,16,17). The first-order valence-electron chi connectivity index (χ1n) is 5.54. The zero-order valence-electron chi connectivity index (χ0n) is 9.78. The number of anilines is 1. The van der Waals surface area contributed by atoms with Gasteiger partial charge in [0.05, 0.1) is 5.69 Å². The maximum atomic E-state index is 12.3. The van der Waals surface area contributed by atoms with Crippen molar-refractivity contribution < 1.29 is 13.5 Å². The second kappa shape index (κ2) is 5.48. The summed E-state index contributed by atoms with van der Waals surface area (Å²) in [5, 5.41) is 9.83. The smallest absolute Gasteiger partial charge is 0.387 e. The molecule has 0 amide bonds. The van der Waals surface area contributed by atoms with E-state index in [4.69, 9.17) is 0 Å². The van der Waals surface area contributed by atoms with Gasteiger partial charge in [0.25, 0.3) is 0 Å². The fraction of sp³-hybridized carbons (Fsp3) is 0.250. The van der Waals surface area contributed by atoms with Crippen molar-refractivity contribution in [3.8, 4) is 17.0 Å². The first-order valence-corrected chi connectivity index (χ1v) is 5.54. The van der Waals surface area contributed by atoms with E-state index in [1.165, 1.54) is 6.07 Å². The molecule has 1 heterocycles. The molecule has 0 unspecified atom stereocenters. The zero-order chi connectivity index (χ0) is 13.0. The van der Waals surface area contributed by atoms with Gasteiger partial charge in [-0.25, -0.2) is 0 Å². The van der Waals surface area contributed by atoms with E-state index in [1.54, 1.807) is 24.3 Å². The van der Waals surface area contributed by atoms with Crippen molar-refractivity contribution in [2.75, 3.05) is 11.9 Å². The fourth-order valence-corrected chi connectivity index (χ4v) is 1.62. The van der Waals surface area contributed by atoms with Gasteiger partial charge in [0, 0.05) is 18.2 Å². The molecule has 0 aliphatic heterocycles. The quantitative estimate of drug-likeness (QED) is 0.860. The van der Waals surface area contributed by atoms with Gasteiger partial charge in [-0.2, -0.15) is 13.9 Å². The number of nitrogens with one attached hydrogen (secondary N) is 2. The van der Waals surface area contributed by atoms with Crippen LogP contribution in [0.15, 0.2) is 30.3 Å². The Morgan fingerprint density at radius 2 is 2.17 bits per heavy atom. The largest absolute Gasteiger partial charge is 0.434 e. The van der Waals surface area contributed by atoms with Crippen molar-refractivity contribution >= 4 is 5.82 Å². The van der Waals surface area contributed by atoms with Crippen LogP contribution >= 0.6 is 0 Å². The topological polar surface area (TPSA) is 49.9 Å². The number of para-hydroxylation sites is 1. The monoisotopic (exact) mass is 253 g/mol. The van der Waals surface area contributed by atoms with E-state index >= 15 is 0 Å². The predicted octanol–water partition coefficient (Wildman–Crippen LogP) is 3.11. The molecule has 6 heteroatoms. The Kier molecular flexibility index (Phi) is 3.76. The number of benzene rings is 1. The Labute approximate surface area is 103 Å². The van der Waals surface area contributed by atoms with Crippen molar-refractivity contribution in [2.45, 2.75) is 13.5 Å². The highest BCUT2D eigenvalue weighted by Gasteiger charge is 2.12. The van der Waals surface area contributed by atoms with Gasteiger partial charge in [-0.05, 0) is 19.1 Å². The van der Waals surface area contributed by atoms with Crippen LogP contribution < -0.4 is 10.1 Å². The Morgan fingerprint density at radius 3 is 2.89 bits per heavy atom. The summed E-state index contributed by atoms with van der Waals surface area (Å²) in [7, 11) is 0. The minimum atomic E-state index is -2.85. The van der Waals surface area contributed by atoms with Crippen LogP contribution in [0.4, 0.5) is 14.6 Å². The normalized spacial score (nSPS) is 10.7. The molecule has 1 aromatic carbocycles. The van der Waals surface area contributed by atoms with Gasteiger partial charge < -0.3 is 10.1 Å². The van der Waals surface area contributed by atoms with Crippen molar-refractivity contribution in [3.05, 3.63) is 30.3 Å². The van der Waals surface area contributed by atoms with Gasteiger partial charge in [-0.15, -0.1) is 0 Å². The molecule has 0 aliphatic rings. The molecule has 2 N–H and O–H groups in total. The third-order valence-electron chi connectivity index (χ3n) is 2.33. The number of H-pyrrole nitrogens is 1. The number of aromatic amines is 1. The molecule has 0 radical (unpaired) electrons. The molecule has 0 saturated carbocycles. The lowest BCUT2D eigenvalue weighted by molar-refractivity contribution is -0.0494. The van der Waals surface area contributed by atoms with Crippen LogP contribution in [0, 0.1) is 0 Å². The first kappa shape index (κ1) is 12.3. The van der Waals surface area contributed by atoms with E-state index < -0.39 is 6.61 Å². The average Bonchev–Trinajstić information content (AvgIpc) is 2.78. The molecule has 4 nitrogen and oxygen atoms in total. The third kappa shape index (κ3) is 2.77. The molecule has 1 aromatic heterocycles.